The lowest BCUT2D eigenvalue weighted by Crippen LogP contribution is -2.00. The second-order valence-corrected chi connectivity index (χ2v) is 14.7. The summed E-state index contributed by atoms with van der Waals surface area (Å²) >= 11 is 0. The quantitative estimate of drug-likeness (QED) is 0.159. The van der Waals surface area contributed by atoms with Gasteiger partial charge in [-0.2, -0.15) is 0 Å². The number of nitrogens with zero attached hydrogens (tertiary/aromatic N) is 4. The zero-order valence-electron chi connectivity index (χ0n) is 31.4. The van der Waals surface area contributed by atoms with Crippen LogP contribution in [0.25, 0.3) is 111 Å². The fourth-order valence-electron chi connectivity index (χ4n) is 8.16. The molecule has 0 aliphatic rings. The first-order valence-electron chi connectivity index (χ1n) is 19.5. The van der Waals surface area contributed by atoms with Gasteiger partial charge in [0.2, 0.25) is 0 Å². The molecule has 4 heteroatoms. The second-order valence-electron chi connectivity index (χ2n) is 14.7. The highest BCUT2D eigenvalue weighted by Gasteiger charge is 2.16. The van der Waals surface area contributed by atoms with Crippen LogP contribution in [0.1, 0.15) is 0 Å². The third-order valence-electron chi connectivity index (χ3n) is 11.1. The normalized spacial score (nSPS) is 11.4. The van der Waals surface area contributed by atoms with Crippen LogP contribution in [-0.2, 0) is 0 Å². The Morgan fingerprint density at radius 2 is 0.759 bits per heavy atom. The predicted octanol–water partition coefficient (Wildman–Crippen LogP) is 13.9. The van der Waals surface area contributed by atoms with Crippen molar-refractivity contribution in [2.45, 2.75) is 0 Å². The molecule has 0 saturated carbocycles. The van der Waals surface area contributed by atoms with E-state index in [0.717, 1.165) is 71.7 Å². The second kappa shape index (κ2) is 14.0. The fourth-order valence-corrected chi connectivity index (χ4v) is 8.16. The van der Waals surface area contributed by atoms with Gasteiger partial charge in [-0.05, 0) is 68.1 Å². The van der Waals surface area contributed by atoms with E-state index in [1.165, 1.54) is 21.7 Å². The van der Waals surface area contributed by atoms with Crippen molar-refractivity contribution in [3.05, 3.63) is 206 Å². The molecule has 0 spiro atoms. The van der Waals surface area contributed by atoms with Crippen LogP contribution in [0.2, 0.25) is 0 Å². The molecule has 4 nitrogen and oxygen atoms in total. The minimum Gasteiger partial charge on any atom is -0.247 e. The summed E-state index contributed by atoms with van der Waals surface area (Å²) in [6, 6.07) is 72.4. The summed E-state index contributed by atoms with van der Waals surface area (Å²) in [4.78, 5) is 20.4. The topological polar surface area (TPSA) is 51.6 Å². The Kier molecular flexibility index (Phi) is 8.11. The Morgan fingerprint density at radius 1 is 0.259 bits per heavy atom. The molecule has 0 atom stereocenters. The SMILES string of the molecule is c1ccc(-c2nc3ccccc3c3c(-c4cccc(-c5ccc(-c6nc(-c7ccc8ccccc8c7)nc(-c7ccc8ccccc8c7)n6)cc5)c4)cccc23)cc1. The molecule has 2 aromatic heterocycles. The Bertz CT molecular complexity index is 3240. The molecule has 11 rings (SSSR count). The van der Waals surface area contributed by atoms with Gasteiger partial charge in [0.25, 0.3) is 0 Å². The van der Waals surface area contributed by atoms with Crippen molar-refractivity contribution < 1.29 is 0 Å². The van der Waals surface area contributed by atoms with Crippen LogP contribution in [0.15, 0.2) is 206 Å². The van der Waals surface area contributed by atoms with Crippen molar-refractivity contribution >= 4 is 43.2 Å². The van der Waals surface area contributed by atoms with E-state index in [1.54, 1.807) is 0 Å². The van der Waals surface area contributed by atoms with Gasteiger partial charge in [0.15, 0.2) is 17.5 Å². The van der Waals surface area contributed by atoms with E-state index in [2.05, 4.69) is 200 Å². The van der Waals surface area contributed by atoms with E-state index in [-0.39, 0.29) is 0 Å². The number of fused-ring (bicyclic) bond motifs is 5. The molecule has 11 aromatic rings. The predicted molar refractivity (Wildman–Crippen MR) is 240 cm³/mol. The Balaban J connectivity index is 0.999. The third kappa shape index (κ3) is 6.05. The van der Waals surface area contributed by atoms with Crippen molar-refractivity contribution in [2.75, 3.05) is 0 Å². The summed E-state index contributed by atoms with van der Waals surface area (Å²) in [5.74, 6) is 1.92. The molecule has 0 radical (unpaired) electrons. The molecule has 0 saturated heterocycles. The molecule has 58 heavy (non-hydrogen) atoms. The summed E-state index contributed by atoms with van der Waals surface area (Å²) in [7, 11) is 0. The average Bonchev–Trinajstić information content (AvgIpc) is 3.31. The summed E-state index contributed by atoms with van der Waals surface area (Å²) in [5, 5.41) is 8.14. The van der Waals surface area contributed by atoms with Gasteiger partial charge in [-0.25, -0.2) is 19.9 Å². The van der Waals surface area contributed by atoms with Gasteiger partial charge in [-0.3, -0.25) is 0 Å². The fraction of sp³-hybridized carbons (Fsp3) is 0. The lowest BCUT2D eigenvalue weighted by atomic mass is 9.91. The molecule has 270 valence electrons. The van der Waals surface area contributed by atoms with Crippen LogP contribution in [0.4, 0.5) is 0 Å². The number of hydrogen-bond donors (Lipinski definition) is 0. The number of benzene rings is 9. The van der Waals surface area contributed by atoms with Gasteiger partial charge in [0, 0.05) is 38.4 Å². The van der Waals surface area contributed by atoms with Crippen LogP contribution in [0.3, 0.4) is 0 Å². The molecule has 0 aliphatic carbocycles. The largest absolute Gasteiger partial charge is 0.247 e. The molecular formula is C54H34N4. The molecule has 9 aromatic carbocycles. The molecule has 2 heterocycles. The van der Waals surface area contributed by atoms with Crippen molar-refractivity contribution in [2.24, 2.45) is 0 Å². The van der Waals surface area contributed by atoms with Gasteiger partial charge in [0.1, 0.15) is 0 Å². The molecular weight excluding hydrogens is 705 g/mol. The van der Waals surface area contributed by atoms with Crippen molar-refractivity contribution in [3.63, 3.8) is 0 Å². The first-order chi connectivity index (χ1) is 28.7. The standard InChI is InChI=1S/C54H34N4/c1-2-14-38(15-3-1)51-48-22-11-21-46(50(48)47-20-8-9-23-49(47)55-51)43-19-10-18-42(32-43)37-24-28-39(29-25-37)52-56-53(44-30-26-35-12-4-6-16-40(35)33-44)58-54(57-52)45-31-27-36-13-5-7-17-41(36)34-45/h1-34H. The van der Waals surface area contributed by atoms with Crippen LogP contribution in [0, 0.1) is 0 Å². The number of hydrogen-bond acceptors (Lipinski definition) is 4. The van der Waals surface area contributed by atoms with Gasteiger partial charge in [-0.15, -0.1) is 0 Å². The van der Waals surface area contributed by atoms with Crippen LogP contribution in [0.5, 0.6) is 0 Å². The Labute approximate surface area is 335 Å². The zero-order valence-corrected chi connectivity index (χ0v) is 31.4. The Hall–Kier alpha value is -7.82. The molecule has 0 aliphatic heterocycles. The third-order valence-corrected chi connectivity index (χ3v) is 11.1. The molecule has 0 amide bonds. The van der Waals surface area contributed by atoms with E-state index in [9.17, 15) is 0 Å². The highest BCUT2D eigenvalue weighted by atomic mass is 15.0. The summed E-state index contributed by atoms with van der Waals surface area (Å²) in [6.45, 7) is 0. The monoisotopic (exact) mass is 738 g/mol. The lowest BCUT2D eigenvalue weighted by molar-refractivity contribution is 1.08. The van der Waals surface area contributed by atoms with E-state index < -0.39 is 0 Å². The maximum atomic E-state index is 5.16. The van der Waals surface area contributed by atoms with E-state index in [0.29, 0.717) is 17.5 Å². The summed E-state index contributed by atoms with van der Waals surface area (Å²) < 4.78 is 0. The average molecular weight is 739 g/mol. The van der Waals surface area contributed by atoms with Gasteiger partial charge < -0.3 is 0 Å². The number of rotatable bonds is 6. The minimum absolute atomic E-state index is 0.632. The maximum Gasteiger partial charge on any atom is 0.164 e. The minimum atomic E-state index is 0.632. The number of pyridine rings is 1. The number of aromatic nitrogens is 4. The lowest BCUT2D eigenvalue weighted by Gasteiger charge is -2.15. The highest BCUT2D eigenvalue weighted by molar-refractivity contribution is 6.17. The molecule has 0 fully saturated rings. The van der Waals surface area contributed by atoms with Crippen molar-refractivity contribution in [1.82, 2.24) is 19.9 Å². The highest BCUT2D eigenvalue weighted by Crippen LogP contribution is 2.39. The summed E-state index contributed by atoms with van der Waals surface area (Å²) in [6.07, 6.45) is 0. The molecule has 0 bridgehead atoms. The molecule has 0 N–H and O–H groups in total. The van der Waals surface area contributed by atoms with Crippen molar-refractivity contribution in [3.8, 4) is 67.7 Å². The van der Waals surface area contributed by atoms with Crippen LogP contribution >= 0.6 is 0 Å². The summed E-state index contributed by atoms with van der Waals surface area (Å²) in [5.41, 5.74) is 10.5. The van der Waals surface area contributed by atoms with Crippen LogP contribution in [-0.4, -0.2) is 19.9 Å². The smallest absolute Gasteiger partial charge is 0.164 e. The van der Waals surface area contributed by atoms with Crippen LogP contribution < -0.4 is 0 Å². The van der Waals surface area contributed by atoms with Gasteiger partial charge in [-0.1, -0.05) is 182 Å². The van der Waals surface area contributed by atoms with E-state index in [4.69, 9.17) is 19.9 Å². The maximum absolute atomic E-state index is 5.16. The first-order valence-corrected chi connectivity index (χ1v) is 19.5. The first kappa shape index (κ1) is 33.5. The van der Waals surface area contributed by atoms with Crippen molar-refractivity contribution in [1.29, 1.82) is 0 Å². The zero-order chi connectivity index (χ0) is 38.4. The molecule has 0 unspecified atom stereocenters. The number of para-hydroxylation sites is 1. The van der Waals surface area contributed by atoms with Gasteiger partial charge in [0.05, 0.1) is 11.2 Å². The Morgan fingerprint density at radius 3 is 1.45 bits per heavy atom. The van der Waals surface area contributed by atoms with Gasteiger partial charge >= 0.3 is 0 Å². The van der Waals surface area contributed by atoms with E-state index in [1.807, 2.05) is 6.07 Å². The van der Waals surface area contributed by atoms with E-state index >= 15 is 0 Å².